The van der Waals surface area contributed by atoms with Gasteiger partial charge in [0.05, 0.1) is 11.8 Å². The molecular weight excluding hydrogens is 234 g/mol. The van der Waals surface area contributed by atoms with Gasteiger partial charge in [-0.2, -0.15) is 5.26 Å². The lowest BCUT2D eigenvalue weighted by Gasteiger charge is -2.09. The van der Waals surface area contributed by atoms with E-state index in [1.165, 1.54) is 5.56 Å². The average molecular weight is 251 g/mol. The van der Waals surface area contributed by atoms with Crippen LogP contribution in [0.2, 0.25) is 0 Å². The van der Waals surface area contributed by atoms with E-state index in [2.05, 4.69) is 35.1 Å². The molecule has 1 unspecified atom stereocenters. The fraction of sp³-hybridized carbons (Fsp3) is 0.312. The summed E-state index contributed by atoms with van der Waals surface area (Å²) in [6.45, 7) is 5.97. The maximum absolute atomic E-state index is 9.14. The van der Waals surface area contributed by atoms with E-state index in [9.17, 15) is 0 Å². The molecule has 0 amide bonds. The van der Waals surface area contributed by atoms with Crippen LogP contribution < -0.4 is 0 Å². The maximum Gasteiger partial charge on any atom is 0.146 e. The summed E-state index contributed by atoms with van der Waals surface area (Å²) in [6.07, 6.45) is 0.729. The lowest BCUT2D eigenvalue weighted by molar-refractivity contribution is 0.746. The van der Waals surface area contributed by atoms with Gasteiger partial charge in [0.25, 0.3) is 0 Å². The van der Waals surface area contributed by atoms with E-state index in [0.717, 1.165) is 23.4 Å². The molecule has 0 aliphatic rings. The minimum atomic E-state index is -0.232. The molecule has 19 heavy (non-hydrogen) atoms. The van der Waals surface area contributed by atoms with Gasteiger partial charge >= 0.3 is 0 Å². The van der Waals surface area contributed by atoms with E-state index in [1.807, 2.05) is 32.0 Å². The first kappa shape index (κ1) is 13.2. The van der Waals surface area contributed by atoms with Crippen LogP contribution in [0.15, 0.2) is 30.3 Å². The average Bonchev–Trinajstić information content (AvgIpc) is 2.40. The molecule has 0 aliphatic carbocycles. The molecule has 1 aromatic heterocycles. The molecule has 0 aliphatic heterocycles. The highest BCUT2D eigenvalue weighted by atomic mass is 14.9. The Morgan fingerprint density at radius 2 is 1.84 bits per heavy atom. The highest BCUT2D eigenvalue weighted by molar-refractivity contribution is 5.59. The van der Waals surface area contributed by atoms with Crippen LogP contribution in [0, 0.1) is 25.2 Å². The highest BCUT2D eigenvalue weighted by Crippen LogP contribution is 2.22. The van der Waals surface area contributed by atoms with E-state index < -0.39 is 0 Å². The first-order valence-electron chi connectivity index (χ1n) is 6.46. The van der Waals surface area contributed by atoms with Gasteiger partial charge in [-0.15, -0.1) is 0 Å². The standard InChI is InChI=1S/C16H17N3/c1-4-13(10-17)16-18-12(3)9-15(19-16)14-7-5-11(2)6-8-14/h5-9,13H,4H2,1-3H3. The van der Waals surface area contributed by atoms with E-state index in [-0.39, 0.29) is 5.92 Å². The fourth-order valence-corrected chi connectivity index (χ4v) is 1.95. The molecule has 2 rings (SSSR count). The highest BCUT2D eigenvalue weighted by Gasteiger charge is 2.13. The first-order chi connectivity index (χ1) is 9.13. The molecule has 0 spiro atoms. The van der Waals surface area contributed by atoms with Gasteiger partial charge in [0.1, 0.15) is 11.7 Å². The van der Waals surface area contributed by atoms with Gasteiger partial charge in [0.2, 0.25) is 0 Å². The summed E-state index contributed by atoms with van der Waals surface area (Å²) < 4.78 is 0. The van der Waals surface area contributed by atoms with E-state index in [4.69, 9.17) is 5.26 Å². The van der Waals surface area contributed by atoms with Crippen LogP contribution in [-0.2, 0) is 0 Å². The normalized spacial score (nSPS) is 11.9. The van der Waals surface area contributed by atoms with Crippen LogP contribution in [0.1, 0.15) is 36.3 Å². The Hall–Kier alpha value is -2.21. The van der Waals surface area contributed by atoms with Crippen molar-refractivity contribution in [3.8, 4) is 17.3 Å². The third-order valence-electron chi connectivity index (χ3n) is 3.09. The molecule has 0 bridgehead atoms. The number of nitriles is 1. The van der Waals surface area contributed by atoms with Crippen molar-refractivity contribution in [1.29, 1.82) is 5.26 Å². The molecular formula is C16H17N3. The predicted molar refractivity (Wildman–Crippen MR) is 75.6 cm³/mol. The number of nitrogens with zero attached hydrogens (tertiary/aromatic N) is 3. The lowest BCUT2D eigenvalue weighted by atomic mass is 10.1. The Kier molecular flexibility index (Phi) is 3.91. The van der Waals surface area contributed by atoms with Crippen molar-refractivity contribution in [1.82, 2.24) is 9.97 Å². The van der Waals surface area contributed by atoms with Crippen molar-refractivity contribution >= 4 is 0 Å². The molecule has 1 aromatic carbocycles. The monoisotopic (exact) mass is 251 g/mol. The van der Waals surface area contributed by atoms with Gasteiger partial charge in [0.15, 0.2) is 0 Å². The summed E-state index contributed by atoms with van der Waals surface area (Å²) >= 11 is 0. The minimum absolute atomic E-state index is 0.232. The predicted octanol–water partition coefficient (Wildman–Crippen LogP) is 3.78. The smallest absolute Gasteiger partial charge is 0.146 e. The first-order valence-corrected chi connectivity index (χ1v) is 6.46. The summed E-state index contributed by atoms with van der Waals surface area (Å²) in [7, 11) is 0. The van der Waals surface area contributed by atoms with Gasteiger partial charge in [0, 0.05) is 11.3 Å². The molecule has 96 valence electrons. The zero-order valence-electron chi connectivity index (χ0n) is 11.5. The number of aromatic nitrogens is 2. The second-order valence-electron chi connectivity index (χ2n) is 4.71. The lowest BCUT2D eigenvalue weighted by Crippen LogP contribution is -2.04. The number of aryl methyl sites for hydroxylation is 2. The third kappa shape index (κ3) is 2.97. The number of hydrogen-bond donors (Lipinski definition) is 0. The van der Waals surface area contributed by atoms with Crippen molar-refractivity contribution in [2.75, 3.05) is 0 Å². The van der Waals surface area contributed by atoms with Crippen molar-refractivity contribution in [3.05, 3.63) is 47.4 Å². The second-order valence-corrected chi connectivity index (χ2v) is 4.71. The van der Waals surface area contributed by atoms with Crippen molar-refractivity contribution in [2.24, 2.45) is 0 Å². The number of rotatable bonds is 3. The molecule has 0 saturated carbocycles. The summed E-state index contributed by atoms with van der Waals surface area (Å²) in [4.78, 5) is 8.93. The maximum atomic E-state index is 9.14. The van der Waals surface area contributed by atoms with Crippen LogP contribution in [0.4, 0.5) is 0 Å². The Bertz CT molecular complexity index is 609. The SMILES string of the molecule is CCC(C#N)c1nc(C)cc(-c2ccc(C)cc2)n1. The third-order valence-corrected chi connectivity index (χ3v) is 3.09. The van der Waals surface area contributed by atoms with Crippen LogP contribution >= 0.6 is 0 Å². The molecule has 2 aromatic rings. The summed E-state index contributed by atoms with van der Waals surface area (Å²) in [5.74, 6) is 0.393. The van der Waals surface area contributed by atoms with Crippen molar-refractivity contribution in [2.45, 2.75) is 33.1 Å². The van der Waals surface area contributed by atoms with Gasteiger partial charge in [-0.1, -0.05) is 36.8 Å². The molecule has 3 nitrogen and oxygen atoms in total. The summed E-state index contributed by atoms with van der Waals surface area (Å²) in [6, 6.07) is 12.4. The Morgan fingerprint density at radius 3 is 2.42 bits per heavy atom. The molecule has 1 atom stereocenters. The molecule has 0 fully saturated rings. The zero-order chi connectivity index (χ0) is 13.8. The van der Waals surface area contributed by atoms with E-state index in [1.54, 1.807) is 0 Å². The van der Waals surface area contributed by atoms with Gasteiger partial charge in [-0.3, -0.25) is 0 Å². The summed E-state index contributed by atoms with van der Waals surface area (Å²) in [5, 5.41) is 9.14. The van der Waals surface area contributed by atoms with E-state index >= 15 is 0 Å². The molecule has 0 radical (unpaired) electrons. The quantitative estimate of drug-likeness (QED) is 0.834. The molecule has 0 saturated heterocycles. The van der Waals surface area contributed by atoms with Crippen LogP contribution in [0.25, 0.3) is 11.3 Å². The fourth-order valence-electron chi connectivity index (χ4n) is 1.95. The molecule has 3 heteroatoms. The van der Waals surface area contributed by atoms with Gasteiger partial charge in [-0.05, 0) is 26.3 Å². The van der Waals surface area contributed by atoms with Crippen LogP contribution in [-0.4, -0.2) is 9.97 Å². The largest absolute Gasteiger partial charge is 0.237 e. The zero-order valence-corrected chi connectivity index (χ0v) is 11.5. The topological polar surface area (TPSA) is 49.6 Å². The van der Waals surface area contributed by atoms with Crippen LogP contribution in [0.5, 0.6) is 0 Å². The number of benzene rings is 1. The van der Waals surface area contributed by atoms with E-state index in [0.29, 0.717) is 5.82 Å². The molecule has 0 N–H and O–H groups in total. The Morgan fingerprint density at radius 1 is 1.16 bits per heavy atom. The second kappa shape index (κ2) is 5.62. The summed E-state index contributed by atoms with van der Waals surface area (Å²) in [5.41, 5.74) is 4.06. The van der Waals surface area contributed by atoms with Crippen LogP contribution in [0.3, 0.4) is 0 Å². The van der Waals surface area contributed by atoms with Crippen molar-refractivity contribution in [3.63, 3.8) is 0 Å². The number of hydrogen-bond acceptors (Lipinski definition) is 3. The van der Waals surface area contributed by atoms with Gasteiger partial charge in [-0.25, -0.2) is 9.97 Å². The Labute approximate surface area is 114 Å². The Balaban J connectivity index is 2.47. The minimum Gasteiger partial charge on any atom is -0.237 e. The van der Waals surface area contributed by atoms with Crippen molar-refractivity contribution < 1.29 is 0 Å². The van der Waals surface area contributed by atoms with Gasteiger partial charge < -0.3 is 0 Å². The molecule has 1 heterocycles.